The Labute approximate surface area is 407 Å². The van der Waals surface area contributed by atoms with Gasteiger partial charge in [0.15, 0.2) is 11.6 Å². The van der Waals surface area contributed by atoms with Gasteiger partial charge in [-0.25, -0.2) is 9.37 Å². The number of benzene rings is 2. The first kappa shape index (κ1) is 51.1. The molecular formula is C47H55Cl2FN8O11. The maximum absolute atomic E-state index is 14.1. The molecule has 0 radical (unpaired) electrons. The number of carbonyl (C=O) groups excluding carboxylic acids is 5. The molecule has 2 aromatic heterocycles. The second-order valence-electron chi connectivity index (χ2n) is 16.4. The first-order chi connectivity index (χ1) is 33.4. The quantitative estimate of drug-likeness (QED) is 0.0437. The van der Waals surface area contributed by atoms with Crippen LogP contribution in [0.4, 0.5) is 15.9 Å². The van der Waals surface area contributed by atoms with Crippen molar-refractivity contribution in [2.24, 2.45) is 0 Å². The smallest absolute Gasteiger partial charge is 0.264 e. The van der Waals surface area contributed by atoms with Crippen LogP contribution in [0, 0.1) is 5.82 Å². The first-order valence-electron chi connectivity index (χ1n) is 22.8. The summed E-state index contributed by atoms with van der Waals surface area (Å²) in [5.41, 5.74) is 8.83. The molecule has 5 heterocycles. The molecule has 0 saturated carbocycles. The molecule has 2 atom stereocenters. The summed E-state index contributed by atoms with van der Waals surface area (Å²) in [6.45, 7) is 6.87. The standard InChI is InChI=1S/C47H55Cl2FN8O11/c1-29(41-34(48)5-6-35(50)43(41)49)69-38-25-30(26-53-44(38)51)31-27-54-57(28-31)32-9-13-56(14-10-32)40(60)11-15-64-17-19-66-21-23-68-24-22-67-20-18-65-16-12-52-36-4-2-3-33-42(36)47(63)58(46(33)62)37-7-8-39(59)55-45(37)61/h2-6,25-29,32,37,52H,7-24H2,1H3,(H2,51,53)(H,55,59,61). The second kappa shape index (κ2) is 24.7. The number of aromatic nitrogens is 3. The zero-order valence-corrected chi connectivity index (χ0v) is 39.6. The van der Waals surface area contributed by atoms with E-state index in [1.54, 1.807) is 43.6 Å². The van der Waals surface area contributed by atoms with Gasteiger partial charge < -0.3 is 44.4 Å². The van der Waals surface area contributed by atoms with Crippen LogP contribution in [-0.4, -0.2) is 146 Å². The van der Waals surface area contributed by atoms with Crippen LogP contribution in [0.3, 0.4) is 0 Å². The summed E-state index contributed by atoms with van der Waals surface area (Å²) < 4.78 is 50.0. The molecule has 22 heteroatoms. The van der Waals surface area contributed by atoms with E-state index in [1.165, 1.54) is 12.1 Å². The Balaban J connectivity index is 0.676. The van der Waals surface area contributed by atoms with E-state index in [0.717, 1.165) is 28.9 Å². The maximum atomic E-state index is 14.1. The third kappa shape index (κ3) is 13.1. The molecule has 370 valence electrons. The molecule has 4 N–H and O–H groups in total. The number of imide groups is 2. The molecule has 5 amide bonds. The summed E-state index contributed by atoms with van der Waals surface area (Å²) >= 11 is 12.5. The fourth-order valence-corrected chi connectivity index (χ4v) is 8.84. The Hall–Kier alpha value is -5.74. The molecule has 2 saturated heterocycles. The minimum atomic E-state index is -1.03. The Morgan fingerprint density at radius 2 is 1.54 bits per heavy atom. The molecule has 2 unspecified atom stereocenters. The van der Waals surface area contributed by atoms with Crippen molar-refractivity contribution in [2.75, 3.05) is 96.8 Å². The number of nitrogens with one attached hydrogen (secondary N) is 2. The number of piperidine rings is 2. The topological polar surface area (TPSA) is 228 Å². The van der Waals surface area contributed by atoms with Crippen LogP contribution in [0.25, 0.3) is 11.1 Å². The highest BCUT2D eigenvalue weighted by molar-refractivity contribution is 6.36. The summed E-state index contributed by atoms with van der Waals surface area (Å²) in [5.74, 6) is -2.33. The largest absolute Gasteiger partial charge is 0.482 e. The predicted molar refractivity (Wildman–Crippen MR) is 250 cm³/mol. The lowest BCUT2D eigenvalue weighted by Gasteiger charge is -2.32. The molecule has 69 heavy (non-hydrogen) atoms. The number of ether oxygens (including phenoxy) is 6. The fourth-order valence-electron chi connectivity index (χ4n) is 8.16. The molecule has 0 spiro atoms. The molecule has 0 bridgehead atoms. The van der Waals surface area contributed by atoms with Crippen molar-refractivity contribution in [3.8, 4) is 16.9 Å². The van der Waals surface area contributed by atoms with Crippen molar-refractivity contribution in [2.45, 2.75) is 57.2 Å². The number of nitrogens with two attached hydrogens (primary N) is 1. The van der Waals surface area contributed by atoms with Gasteiger partial charge in [0.05, 0.1) is 101 Å². The molecule has 3 aliphatic rings. The highest BCUT2D eigenvalue weighted by Crippen LogP contribution is 2.38. The lowest BCUT2D eigenvalue weighted by Crippen LogP contribution is -2.54. The van der Waals surface area contributed by atoms with Crippen LogP contribution in [0.1, 0.15) is 77.5 Å². The Bertz CT molecular complexity index is 2470. The van der Waals surface area contributed by atoms with Gasteiger partial charge in [0.1, 0.15) is 18.0 Å². The maximum Gasteiger partial charge on any atom is 0.264 e. The molecular weight excluding hydrogens is 942 g/mol. The van der Waals surface area contributed by atoms with Crippen LogP contribution in [0.5, 0.6) is 5.75 Å². The van der Waals surface area contributed by atoms with E-state index in [1.807, 2.05) is 15.8 Å². The number of anilines is 2. The molecule has 3 aliphatic heterocycles. The number of pyridine rings is 1. The molecule has 2 aromatic carbocycles. The highest BCUT2D eigenvalue weighted by Gasteiger charge is 2.45. The van der Waals surface area contributed by atoms with Crippen molar-refractivity contribution in [3.63, 3.8) is 0 Å². The minimum Gasteiger partial charge on any atom is -0.482 e. The Morgan fingerprint density at radius 3 is 2.22 bits per heavy atom. The van der Waals surface area contributed by atoms with E-state index in [2.05, 4.69) is 20.7 Å². The number of amides is 5. The van der Waals surface area contributed by atoms with Crippen LogP contribution in [0.15, 0.2) is 55.0 Å². The third-order valence-corrected chi connectivity index (χ3v) is 12.5. The van der Waals surface area contributed by atoms with Crippen LogP contribution in [0.2, 0.25) is 10.0 Å². The summed E-state index contributed by atoms with van der Waals surface area (Å²) in [6, 6.07) is 8.34. The Kier molecular flexibility index (Phi) is 18.3. The van der Waals surface area contributed by atoms with E-state index < -0.39 is 41.6 Å². The SMILES string of the molecule is CC(Oc1cc(-c2cnn(C3CCN(C(=O)CCOCCOCCOCCOCCOCCNc4cccc5c4C(=O)N(C4CCC(=O)NC4=O)C5=O)CC3)c2)cnc1N)c1c(Cl)ccc(F)c1Cl. The van der Waals surface area contributed by atoms with Crippen molar-refractivity contribution in [1.82, 2.24) is 29.9 Å². The molecule has 19 nitrogen and oxygen atoms in total. The van der Waals surface area contributed by atoms with Crippen molar-refractivity contribution in [1.29, 1.82) is 0 Å². The van der Waals surface area contributed by atoms with E-state index in [4.69, 9.17) is 57.4 Å². The monoisotopic (exact) mass is 996 g/mol. The number of rotatable bonds is 25. The van der Waals surface area contributed by atoms with E-state index >= 15 is 0 Å². The van der Waals surface area contributed by atoms with E-state index in [-0.39, 0.29) is 58.2 Å². The lowest BCUT2D eigenvalue weighted by molar-refractivity contribution is -0.136. The van der Waals surface area contributed by atoms with Crippen molar-refractivity contribution >= 4 is 64.2 Å². The van der Waals surface area contributed by atoms with Crippen LogP contribution >= 0.6 is 23.2 Å². The summed E-state index contributed by atoms with van der Waals surface area (Å²) in [6.07, 6.45) is 6.51. The van der Waals surface area contributed by atoms with Gasteiger partial charge in [0, 0.05) is 65.8 Å². The van der Waals surface area contributed by atoms with Gasteiger partial charge >= 0.3 is 0 Å². The number of fused-ring (bicyclic) bond motifs is 1. The van der Waals surface area contributed by atoms with Gasteiger partial charge in [0.25, 0.3) is 11.8 Å². The van der Waals surface area contributed by atoms with Crippen molar-refractivity contribution < 1.29 is 56.8 Å². The second-order valence-corrected chi connectivity index (χ2v) is 17.1. The highest BCUT2D eigenvalue weighted by atomic mass is 35.5. The predicted octanol–water partition coefficient (Wildman–Crippen LogP) is 5.26. The third-order valence-electron chi connectivity index (χ3n) is 11.8. The van der Waals surface area contributed by atoms with Gasteiger partial charge in [0.2, 0.25) is 17.7 Å². The normalized spacial score (nSPS) is 16.8. The number of carbonyl (C=O) groups is 5. The summed E-state index contributed by atoms with van der Waals surface area (Å²) in [4.78, 5) is 70.1. The number of nitrogen functional groups attached to an aromatic ring is 1. The average molecular weight is 998 g/mol. The average Bonchev–Trinajstić information content (AvgIpc) is 3.93. The number of hydrogen-bond acceptors (Lipinski definition) is 15. The van der Waals surface area contributed by atoms with Gasteiger partial charge in [-0.15, -0.1) is 0 Å². The van der Waals surface area contributed by atoms with E-state index in [0.29, 0.717) is 103 Å². The number of nitrogens with zero attached hydrogens (tertiary/aromatic N) is 5. The fraction of sp³-hybridized carbons (Fsp3) is 0.468. The van der Waals surface area contributed by atoms with Crippen LogP contribution < -0.4 is 21.1 Å². The van der Waals surface area contributed by atoms with Crippen molar-refractivity contribution in [3.05, 3.63) is 87.5 Å². The number of likely N-dealkylation sites (tertiary alicyclic amines) is 1. The van der Waals surface area contributed by atoms with Gasteiger partial charge in [-0.3, -0.25) is 38.9 Å². The minimum absolute atomic E-state index is 0.0391. The zero-order valence-electron chi connectivity index (χ0n) is 38.1. The molecule has 0 aliphatic carbocycles. The van der Waals surface area contributed by atoms with Gasteiger partial charge in [-0.1, -0.05) is 29.3 Å². The first-order valence-corrected chi connectivity index (χ1v) is 23.5. The van der Waals surface area contributed by atoms with Gasteiger partial charge in [-0.05, 0) is 56.5 Å². The number of halogens is 3. The molecule has 2 fully saturated rings. The van der Waals surface area contributed by atoms with E-state index in [9.17, 15) is 28.4 Å². The molecule has 7 rings (SSSR count). The summed E-state index contributed by atoms with van der Waals surface area (Å²) in [7, 11) is 0. The van der Waals surface area contributed by atoms with Crippen LogP contribution in [-0.2, 0) is 38.1 Å². The molecule has 4 aromatic rings. The zero-order chi connectivity index (χ0) is 48.9. The van der Waals surface area contributed by atoms with Gasteiger partial charge in [-0.2, -0.15) is 5.10 Å². The number of hydrogen-bond donors (Lipinski definition) is 3. The summed E-state index contributed by atoms with van der Waals surface area (Å²) in [5, 5.41) is 10.1. The lowest BCUT2D eigenvalue weighted by atomic mass is 10.0. The Morgan fingerprint density at radius 1 is 0.870 bits per heavy atom.